The van der Waals surface area contributed by atoms with Crippen LogP contribution in [-0.4, -0.2) is 55.8 Å². The topological polar surface area (TPSA) is 72.0 Å². The molecule has 0 aliphatic carbocycles. The Balaban J connectivity index is 1.81. The minimum Gasteiger partial charge on any atom is -0.465 e. The van der Waals surface area contributed by atoms with E-state index in [-0.39, 0.29) is 12.0 Å². The molecule has 2 aromatic rings. The zero-order valence-corrected chi connectivity index (χ0v) is 15.6. The first-order valence-corrected chi connectivity index (χ1v) is 8.79. The number of rotatable bonds is 5. The molecule has 7 heteroatoms. The molecular weight excluding hydrogens is 346 g/mol. The van der Waals surface area contributed by atoms with Gasteiger partial charge in [0.1, 0.15) is 0 Å². The highest BCUT2D eigenvalue weighted by Gasteiger charge is 2.26. The number of nitrogens with zero attached hydrogens (tertiary/aromatic N) is 3. The van der Waals surface area contributed by atoms with Crippen LogP contribution in [0.3, 0.4) is 0 Å². The van der Waals surface area contributed by atoms with Crippen molar-refractivity contribution in [3.05, 3.63) is 59.4 Å². The Hall–Kier alpha value is -2.93. The van der Waals surface area contributed by atoms with E-state index in [0.29, 0.717) is 31.8 Å². The van der Waals surface area contributed by atoms with Gasteiger partial charge in [-0.1, -0.05) is 6.07 Å². The third kappa shape index (κ3) is 4.25. The Morgan fingerprint density at radius 1 is 1.15 bits per heavy atom. The second kappa shape index (κ2) is 8.64. The zero-order valence-electron chi connectivity index (χ0n) is 15.6. The van der Waals surface area contributed by atoms with Crippen LogP contribution in [0.15, 0.2) is 42.7 Å². The maximum Gasteiger partial charge on any atom is 0.337 e. The molecule has 3 rings (SSSR count). The standard InChI is InChI=1S/C20H23N3O4/c1-26-12-11-23(18-5-8-21-9-6-18)20(25)22-10-7-15-3-4-16(19(24)27-2)13-17(15)14-22/h3-6,8-9,13H,7,10-12,14H2,1-2H3. The summed E-state index contributed by atoms with van der Waals surface area (Å²) in [7, 11) is 2.97. The van der Waals surface area contributed by atoms with E-state index in [0.717, 1.165) is 23.2 Å². The molecule has 0 bridgehead atoms. The number of methoxy groups -OCH3 is 2. The molecule has 2 heterocycles. The van der Waals surface area contributed by atoms with Crippen LogP contribution in [0.4, 0.5) is 10.5 Å². The molecule has 7 nitrogen and oxygen atoms in total. The molecule has 1 aromatic carbocycles. The first-order chi connectivity index (χ1) is 13.1. The SMILES string of the molecule is COCCN(C(=O)N1CCc2ccc(C(=O)OC)cc2C1)c1ccncc1. The van der Waals surface area contributed by atoms with Crippen molar-refractivity contribution in [3.63, 3.8) is 0 Å². The molecule has 1 aliphatic rings. The number of aromatic nitrogens is 1. The van der Waals surface area contributed by atoms with Gasteiger partial charge in [-0.15, -0.1) is 0 Å². The monoisotopic (exact) mass is 369 g/mol. The highest BCUT2D eigenvalue weighted by molar-refractivity contribution is 5.92. The number of hydrogen-bond donors (Lipinski definition) is 0. The lowest BCUT2D eigenvalue weighted by Crippen LogP contribution is -2.46. The van der Waals surface area contributed by atoms with Crippen molar-refractivity contribution in [2.75, 3.05) is 38.8 Å². The second-order valence-corrected chi connectivity index (χ2v) is 6.28. The van der Waals surface area contributed by atoms with E-state index in [9.17, 15) is 9.59 Å². The van der Waals surface area contributed by atoms with Gasteiger partial charge in [0.05, 0.1) is 25.8 Å². The summed E-state index contributed by atoms with van der Waals surface area (Å²) < 4.78 is 9.96. The maximum absolute atomic E-state index is 13.2. The average Bonchev–Trinajstić information content (AvgIpc) is 2.73. The summed E-state index contributed by atoms with van der Waals surface area (Å²) in [6.07, 6.45) is 4.07. The summed E-state index contributed by atoms with van der Waals surface area (Å²) in [5.41, 5.74) is 3.40. The number of hydrogen-bond acceptors (Lipinski definition) is 5. The van der Waals surface area contributed by atoms with Crippen LogP contribution >= 0.6 is 0 Å². The third-order valence-electron chi connectivity index (χ3n) is 4.63. The first kappa shape index (κ1) is 18.8. The van der Waals surface area contributed by atoms with Gasteiger partial charge in [-0.05, 0) is 41.8 Å². The van der Waals surface area contributed by atoms with Gasteiger partial charge in [-0.3, -0.25) is 9.88 Å². The molecule has 142 valence electrons. The average molecular weight is 369 g/mol. The molecule has 0 unspecified atom stereocenters. The lowest BCUT2D eigenvalue weighted by Gasteiger charge is -2.34. The molecule has 0 saturated heterocycles. The minimum absolute atomic E-state index is 0.0904. The third-order valence-corrected chi connectivity index (χ3v) is 4.63. The number of benzene rings is 1. The van der Waals surface area contributed by atoms with Crippen LogP contribution in [0.25, 0.3) is 0 Å². The number of amides is 2. The molecule has 0 radical (unpaired) electrons. The molecule has 1 aliphatic heterocycles. The second-order valence-electron chi connectivity index (χ2n) is 6.28. The van der Waals surface area contributed by atoms with Gasteiger partial charge < -0.3 is 14.4 Å². The van der Waals surface area contributed by atoms with Gasteiger partial charge in [0.15, 0.2) is 0 Å². The number of ether oxygens (including phenoxy) is 2. The summed E-state index contributed by atoms with van der Waals surface area (Å²) in [6.45, 7) is 1.96. The largest absolute Gasteiger partial charge is 0.465 e. The van der Waals surface area contributed by atoms with Crippen LogP contribution in [0.2, 0.25) is 0 Å². The highest BCUT2D eigenvalue weighted by atomic mass is 16.5. The Morgan fingerprint density at radius 3 is 2.63 bits per heavy atom. The molecule has 1 aromatic heterocycles. The number of carbonyl (C=O) groups excluding carboxylic acids is 2. The molecule has 0 saturated carbocycles. The fraction of sp³-hybridized carbons (Fsp3) is 0.350. The normalized spacial score (nSPS) is 13.0. The Labute approximate surface area is 158 Å². The molecule has 2 amide bonds. The van der Waals surface area contributed by atoms with E-state index in [1.165, 1.54) is 7.11 Å². The first-order valence-electron chi connectivity index (χ1n) is 8.79. The van der Waals surface area contributed by atoms with Crippen molar-refractivity contribution in [1.82, 2.24) is 9.88 Å². The van der Waals surface area contributed by atoms with Gasteiger partial charge >= 0.3 is 12.0 Å². The van der Waals surface area contributed by atoms with E-state index < -0.39 is 0 Å². The number of urea groups is 1. The number of carbonyl (C=O) groups is 2. The summed E-state index contributed by atoms with van der Waals surface area (Å²) in [5.74, 6) is -0.375. The summed E-state index contributed by atoms with van der Waals surface area (Å²) >= 11 is 0. The molecule has 0 spiro atoms. The molecule has 27 heavy (non-hydrogen) atoms. The number of fused-ring (bicyclic) bond motifs is 1. The summed E-state index contributed by atoms with van der Waals surface area (Å²) in [6, 6.07) is 9.04. The highest BCUT2D eigenvalue weighted by Crippen LogP contribution is 2.23. The molecule has 0 atom stereocenters. The van der Waals surface area contributed by atoms with Gasteiger partial charge in [0, 0.05) is 38.3 Å². The fourth-order valence-corrected chi connectivity index (χ4v) is 3.18. The number of anilines is 1. The van der Waals surface area contributed by atoms with Crippen molar-refractivity contribution in [2.24, 2.45) is 0 Å². The van der Waals surface area contributed by atoms with Crippen molar-refractivity contribution >= 4 is 17.7 Å². The van der Waals surface area contributed by atoms with Crippen LogP contribution in [0.1, 0.15) is 21.5 Å². The lowest BCUT2D eigenvalue weighted by molar-refractivity contribution is 0.0600. The zero-order chi connectivity index (χ0) is 19.2. The smallest absolute Gasteiger partial charge is 0.337 e. The van der Waals surface area contributed by atoms with E-state index in [1.54, 1.807) is 47.5 Å². The van der Waals surface area contributed by atoms with Crippen molar-refractivity contribution in [1.29, 1.82) is 0 Å². The van der Waals surface area contributed by atoms with Crippen molar-refractivity contribution < 1.29 is 19.1 Å². The van der Waals surface area contributed by atoms with Crippen LogP contribution < -0.4 is 4.90 Å². The molecule has 0 fully saturated rings. The van der Waals surface area contributed by atoms with Crippen LogP contribution in [-0.2, 0) is 22.4 Å². The van der Waals surface area contributed by atoms with Gasteiger partial charge in [0.25, 0.3) is 0 Å². The van der Waals surface area contributed by atoms with E-state index in [4.69, 9.17) is 9.47 Å². The van der Waals surface area contributed by atoms with Crippen LogP contribution in [0.5, 0.6) is 0 Å². The summed E-state index contributed by atoms with van der Waals surface area (Å²) in [5, 5.41) is 0. The Bertz CT molecular complexity index is 810. The quantitative estimate of drug-likeness (QED) is 0.757. The van der Waals surface area contributed by atoms with E-state index in [2.05, 4.69) is 4.98 Å². The van der Waals surface area contributed by atoms with E-state index in [1.807, 2.05) is 12.1 Å². The summed E-state index contributed by atoms with van der Waals surface area (Å²) in [4.78, 5) is 32.5. The molecular formula is C20H23N3O4. The predicted molar refractivity (Wildman–Crippen MR) is 101 cm³/mol. The van der Waals surface area contributed by atoms with Crippen molar-refractivity contribution in [3.8, 4) is 0 Å². The van der Waals surface area contributed by atoms with E-state index >= 15 is 0 Å². The minimum atomic E-state index is -0.375. The van der Waals surface area contributed by atoms with Gasteiger partial charge in [-0.2, -0.15) is 0 Å². The Kier molecular flexibility index (Phi) is 6.03. The van der Waals surface area contributed by atoms with Crippen molar-refractivity contribution in [2.45, 2.75) is 13.0 Å². The maximum atomic E-state index is 13.2. The number of esters is 1. The fourth-order valence-electron chi connectivity index (χ4n) is 3.18. The lowest BCUT2D eigenvalue weighted by atomic mass is 9.97. The number of pyridine rings is 1. The predicted octanol–water partition coefficient (Wildman–Crippen LogP) is 2.50. The van der Waals surface area contributed by atoms with Crippen LogP contribution in [0, 0.1) is 0 Å². The Morgan fingerprint density at radius 2 is 1.93 bits per heavy atom. The molecule has 0 N–H and O–H groups in total. The van der Waals surface area contributed by atoms with Gasteiger partial charge in [-0.25, -0.2) is 9.59 Å². The van der Waals surface area contributed by atoms with Gasteiger partial charge in [0.2, 0.25) is 0 Å².